The molecule has 0 unspecified atom stereocenters. The Morgan fingerprint density at radius 3 is 2.39 bits per heavy atom. The van der Waals surface area contributed by atoms with Gasteiger partial charge in [0.05, 0.1) is 17.6 Å². The number of hydrogen-bond donors (Lipinski definition) is 0. The molecule has 0 radical (unpaired) electrons. The van der Waals surface area contributed by atoms with Crippen molar-refractivity contribution in [3.05, 3.63) is 66.0 Å². The van der Waals surface area contributed by atoms with Gasteiger partial charge in [-0.3, -0.25) is 4.90 Å². The Morgan fingerprint density at radius 2 is 1.65 bits per heavy atom. The van der Waals surface area contributed by atoms with Gasteiger partial charge in [-0.15, -0.1) is 12.4 Å². The van der Waals surface area contributed by atoms with Crippen LogP contribution in [-0.4, -0.2) is 21.5 Å². The van der Waals surface area contributed by atoms with Crippen LogP contribution in [0.4, 0.5) is 0 Å². The van der Waals surface area contributed by atoms with Gasteiger partial charge in [0.25, 0.3) is 0 Å². The monoisotopic (exact) mass is 329 g/mol. The Balaban J connectivity index is 0.00000192. The molecule has 0 aliphatic carbocycles. The molecule has 0 atom stereocenters. The third-order valence-corrected chi connectivity index (χ3v) is 3.89. The molecule has 0 amide bonds. The second-order valence-electron chi connectivity index (χ2n) is 5.83. The van der Waals surface area contributed by atoms with Crippen LogP contribution < -0.4 is 0 Å². The zero-order chi connectivity index (χ0) is 15.4. The van der Waals surface area contributed by atoms with Gasteiger partial charge >= 0.3 is 0 Å². The van der Waals surface area contributed by atoms with E-state index in [1.165, 1.54) is 11.1 Å². The SMILES string of the molecule is CCCn1c(CN(C)Cc2ccccc2)nc2ccccc21.Cl. The maximum absolute atomic E-state index is 4.83. The van der Waals surface area contributed by atoms with Crippen molar-refractivity contribution in [2.75, 3.05) is 7.05 Å². The van der Waals surface area contributed by atoms with Gasteiger partial charge < -0.3 is 4.57 Å². The van der Waals surface area contributed by atoms with Crippen LogP contribution in [0, 0.1) is 0 Å². The molecular formula is C19H24ClN3. The standard InChI is InChI=1S/C19H23N3.ClH/c1-3-13-22-18-12-8-7-11-17(18)20-19(22)15-21(2)14-16-9-5-4-6-10-16;/h4-12H,3,13-15H2,1-2H3;1H. The number of imidazole rings is 1. The first kappa shape index (κ1) is 17.5. The van der Waals surface area contributed by atoms with E-state index in [0.29, 0.717) is 0 Å². The molecule has 3 aromatic rings. The average molecular weight is 330 g/mol. The highest BCUT2D eigenvalue weighted by Gasteiger charge is 2.11. The quantitative estimate of drug-likeness (QED) is 0.664. The molecule has 0 aliphatic rings. The molecule has 3 rings (SSSR count). The fourth-order valence-corrected chi connectivity index (χ4v) is 2.91. The zero-order valence-electron chi connectivity index (χ0n) is 13.8. The van der Waals surface area contributed by atoms with Gasteiger partial charge in [-0.1, -0.05) is 49.4 Å². The first-order valence-electron chi connectivity index (χ1n) is 7.94. The summed E-state index contributed by atoms with van der Waals surface area (Å²) in [4.78, 5) is 7.16. The van der Waals surface area contributed by atoms with Crippen molar-refractivity contribution in [1.29, 1.82) is 0 Å². The van der Waals surface area contributed by atoms with E-state index >= 15 is 0 Å². The fraction of sp³-hybridized carbons (Fsp3) is 0.316. The highest BCUT2D eigenvalue weighted by Crippen LogP contribution is 2.18. The zero-order valence-corrected chi connectivity index (χ0v) is 14.6. The van der Waals surface area contributed by atoms with E-state index in [4.69, 9.17) is 4.98 Å². The Labute approximate surface area is 144 Å². The number of fused-ring (bicyclic) bond motifs is 1. The minimum atomic E-state index is 0. The predicted octanol–water partition coefficient (Wildman–Crippen LogP) is 4.50. The van der Waals surface area contributed by atoms with Crippen molar-refractivity contribution < 1.29 is 0 Å². The lowest BCUT2D eigenvalue weighted by Crippen LogP contribution is -2.20. The summed E-state index contributed by atoms with van der Waals surface area (Å²) in [6, 6.07) is 19.0. The molecule has 0 bridgehead atoms. The van der Waals surface area contributed by atoms with E-state index < -0.39 is 0 Å². The number of benzene rings is 2. The van der Waals surface area contributed by atoms with E-state index in [9.17, 15) is 0 Å². The molecule has 0 saturated heterocycles. The smallest absolute Gasteiger partial charge is 0.124 e. The van der Waals surface area contributed by atoms with Gasteiger partial charge in [0.15, 0.2) is 0 Å². The molecule has 0 fully saturated rings. The lowest BCUT2D eigenvalue weighted by Gasteiger charge is -2.17. The number of aromatic nitrogens is 2. The fourth-order valence-electron chi connectivity index (χ4n) is 2.91. The number of rotatable bonds is 6. The summed E-state index contributed by atoms with van der Waals surface area (Å²) in [5.41, 5.74) is 3.68. The van der Waals surface area contributed by atoms with Crippen LogP contribution >= 0.6 is 12.4 Å². The van der Waals surface area contributed by atoms with Crippen LogP contribution in [0.5, 0.6) is 0 Å². The predicted molar refractivity (Wildman–Crippen MR) is 98.9 cm³/mol. The number of hydrogen-bond acceptors (Lipinski definition) is 2. The lowest BCUT2D eigenvalue weighted by atomic mass is 10.2. The third kappa shape index (κ3) is 4.12. The molecule has 0 aliphatic heterocycles. The first-order valence-corrected chi connectivity index (χ1v) is 7.94. The summed E-state index contributed by atoms with van der Waals surface area (Å²) in [6.07, 6.45) is 1.12. The molecular weight excluding hydrogens is 306 g/mol. The van der Waals surface area contributed by atoms with Crippen molar-refractivity contribution in [3.63, 3.8) is 0 Å². The molecule has 0 saturated carbocycles. The minimum absolute atomic E-state index is 0. The Kier molecular flexibility index (Phi) is 6.20. The maximum Gasteiger partial charge on any atom is 0.124 e. The topological polar surface area (TPSA) is 21.1 Å². The maximum atomic E-state index is 4.83. The number of para-hydroxylation sites is 2. The Bertz CT molecular complexity index is 737. The van der Waals surface area contributed by atoms with Crippen LogP contribution in [-0.2, 0) is 19.6 Å². The largest absolute Gasteiger partial charge is 0.327 e. The summed E-state index contributed by atoms with van der Waals surface area (Å²) in [7, 11) is 2.16. The molecule has 0 N–H and O–H groups in total. The van der Waals surface area contributed by atoms with Gasteiger partial charge in [0.1, 0.15) is 5.82 Å². The van der Waals surface area contributed by atoms with Crippen molar-refractivity contribution in [2.24, 2.45) is 0 Å². The average Bonchev–Trinajstić information content (AvgIpc) is 2.86. The summed E-state index contributed by atoms with van der Waals surface area (Å²) >= 11 is 0. The summed E-state index contributed by atoms with van der Waals surface area (Å²) < 4.78 is 2.36. The second kappa shape index (κ2) is 8.14. The van der Waals surface area contributed by atoms with Gasteiger partial charge in [-0.05, 0) is 31.2 Å². The lowest BCUT2D eigenvalue weighted by molar-refractivity contribution is 0.305. The van der Waals surface area contributed by atoms with Gasteiger partial charge in [-0.2, -0.15) is 0 Å². The third-order valence-electron chi connectivity index (χ3n) is 3.89. The van der Waals surface area contributed by atoms with Crippen LogP contribution in [0.25, 0.3) is 11.0 Å². The van der Waals surface area contributed by atoms with Crippen molar-refractivity contribution in [2.45, 2.75) is 33.0 Å². The highest BCUT2D eigenvalue weighted by molar-refractivity contribution is 5.85. The molecule has 1 aromatic heterocycles. The Morgan fingerprint density at radius 1 is 0.957 bits per heavy atom. The van der Waals surface area contributed by atoms with E-state index in [0.717, 1.165) is 37.4 Å². The highest BCUT2D eigenvalue weighted by atomic mass is 35.5. The van der Waals surface area contributed by atoms with Gasteiger partial charge in [-0.25, -0.2) is 4.98 Å². The molecule has 1 heterocycles. The van der Waals surface area contributed by atoms with Crippen LogP contribution in [0.1, 0.15) is 24.7 Å². The normalized spacial score (nSPS) is 10.9. The molecule has 23 heavy (non-hydrogen) atoms. The van der Waals surface area contributed by atoms with E-state index in [-0.39, 0.29) is 12.4 Å². The summed E-state index contributed by atoms with van der Waals surface area (Å²) in [6.45, 7) is 5.04. The van der Waals surface area contributed by atoms with Gasteiger partial charge in [0.2, 0.25) is 0 Å². The molecule has 0 spiro atoms. The number of halogens is 1. The Hall–Kier alpha value is -1.84. The van der Waals surface area contributed by atoms with Crippen LogP contribution in [0.3, 0.4) is 0 Å². The molecule has 4 heteroatoms. The molecule has 2 aromatic carbocycles. The molecule has 122 valence electrons. The number of nitrogens with zero attached hydrogens (tertiary/aromatic N) is 3. The van der Waals surface area contributed by atoms with Crippen molar-refractivity contribution in [3.8, 4) is 0 Å². The summed E-state index contributed by atoms with van der Waals surface area (Å²) in [5.74, 6) is 1.15. The van der Waals surface area contributed by atoms with Crippen molar-refractivity contribution >= 4 is 23.4 Å². The minimum Gasteiger partial charge on any atom is -0.327 e. The van der Waals surface area contributed by atoms with Crippen LogP contribution in [0.2, 0.25) is 0 Å². The molecule has 3 nitrogen and oxygen atoms in total. The van der Waals surface area contributed by atoms with E-state index in [1.807, 2.05) is 0 Å². The van der Waals surface area contributed by atoms with E-state index in [2.05, 4.69) is 78.0 Å². The van der Waals surface area contributed by atoms with E-state index in [1.54, 1.807) is 0 Å². The van der Waals surface area contributed by atoms with Crippen molar-refractivity contribution in [1.82, 2.24) is 14.5 Å². The first-order chi connectivity index (χ1) is 10.8. The van der Waals surface area contributed by atoms with Gasteiger partial charge in [0, 0.05) is 13.1 Å². The second-order valence-corrected chi connectivity index (χ2v) is 5.83. The number of aryl methyl sites for hydroxylation is 1. The summed E-state index contributed by atoms with van der Waals surface area (Å²) in [5, 5.41) is 0. The van der Waals surface area contributed by atoms with Crippen LogP contribution in [0.15, 0.2) is 54.6 Å².